The third-order valence-electron chi connectivity index (χ3n) is 2.35. The van der Waals surface area contributed by atoms with Crippen molar-refractivity contribution in [2.45, 2.75) is 6.54 Å². The lowest BCUT2D eigenvalue weighted by Crippen LogP contribution is -2.20. The molecular formula is C12H19N3O3. The van der Waals surface area contributed by atoms with E-state index in [2.05, 4.69) is 10.5 Å². The first-order valence-corrected chi connectivity index (χ1v) is 5.74. The molecule has 0 heterocycles. The van der Waals surface area contributed by atoms with Gasteiger partial charge in [0.1, 0.15) is 0 Å². The van der Waals surface area contributed by atoms with Crippen LogP contribution >= 0.6 is 0 Å². The molecule has 0 spiro atoms. The van der Waals surface area contributed by atoms with Gasteiger partial charge in [0, 0.05) is 18.7 Å². The van der Waals surface area contributed by atoms with Crippen molar-refractivity contribution in [1.82, 2.24) is 5.32 Å². The fraction of sp³-hybridized carbons (Fsp3) is 0.417. The topological polar surface area (TPSA) is 100 Å². The molecule has 0 fully saturated rings. The molecule has 0 aromatic heterocycles. The number of amidine groups is 1. The van der Waals surface area contributed by atoms with E-state index in [0.29, 0.717) is 18.8 Å². The molecule has 0 aliphatic carbocycles. The number of hydrogen-bond acceptors (Lipinski definition) is 5. The molecule has 6 heteroatoms. The van der Waals surface area contributed by atoms with Crippen molar-refractivity contribution in [2.24, 2.45) is 10.9 Å². The zero-order valence-corrected chi connectivity index (χ0v) is 10.2. The Morgan fingerprint density at radius 1 is 1.28 bits per heavy atom. The molecule has 6 nitrogen and oxygen atoms in total. The maximum Gasteiger partial charge on any atom is 0.170 e. The number of hydrogen-bond donors (Lipinski definition) is 4. The monoisotopic (exact) mass is 253 g/mol. The second-order valence-corrected chi connectivity index (χ2v) is 3.69. The molecule has 0 saturated heterocycles. The van der Waals surface area contributed by atoms with Crippen LogP contribution in [0.25, 0.3) is 0 Å². The van der Waals surface area contributed by atoms with Crippen molar-refractivity contribution in [1.29, 1.82) is 0 Å². The average molecular weight is 253 g/mol. The van der Waals surface area contributed by atoms with Gasteiger partial charge in [-0.2, -0.15) is 0 Å². The van der Waals surface area contributed by atoms with E-state index < -0.39 is 0 Å². The third kappa shape index (κ3) is 5.13. The quantitative estimate of drug-likeness (QED) is 0.170. The van der Waals surface area contributed by atoms with Gasteiger partial charge in [0.05, 0.1) is 19.8 Å². The first kappa shape index (κ1) is 14.4. The lowest BCUT2D eigenvalue weighted by molar-refractivity contribution is 0.0938. The van der Waals surface area contributed by atoms with Gasteiger partial charge < -0.3 is 26.1 Å². The standard InChI is InChI=1S/C12H19N3O3/c13-12(15-17)11-3-1-10(2-4-11)9-14-5-7-18-8-6-16/h1-4,14,16-17H,5-9H2,(H2,13,15). The number of oxime groups is 1. The molecule has 18 heavy (non-hydrogen) atoms. The maximum absolute atomic E-state index is 8.52. The smallest absolute Gasteiger partial charge is 0.170 e. The van der Waals surface area contributed by atoms with Crippen LogP contribution in [0.2, 0.25) is 0 Å². The van der Waals surface area contributed by atoms with Crippen LogP contribution in [0.15, 0.2) is 29.4 Å². The second kappa shape index (κ2) is 8.46. The van der Waals surface area contributed by atoms with Crippen LogP contribution in [0, 0.1) is 0 Å². The van der Waals surface area contributed by atoms with Gasteiger partial charge in [0.2, 0.25) is 0 Å². The molecule has 0 amide bonds. The van der Waals surface area contributed by atoms with Gasteiger partial charge in [-0.15, -0.1) is 0 Å². The molecule has 0 bridgehead atoms. The van der Waals surface area contributed by atoms with Crippen molar-refractivity contribution in [3.63, 3.8) is 0 Å². The van der Waals surface area contributed by atoms with Crippen LogP contribution in [0.3, 0.4) is 0 Å². The molecule has 1 aromatic carbocycles. The SMILES string of the molecule is NC(=NO)c1ccc(CNCCOCCO)cc1. The molecule has 100 valence electrons. The fourth-order valence-corrected chi connectivity index (χ4v) is 1.39. The van der Waals surface area contributed by atoms with E-state index >= 15 is 0 Å². The Kier molecular flexibility index (Phi) is 6.78. The van der Waals surface area contributed by atoms with Crippen molar-refractivity contribution >= 4 is 5.84 Å². The number of aliphatic hydroxyl groups is 1. The van der Waals surface area contributed by atoms with E-state index in [1.54, 1.807) is 12.1 Å². The summed E-state index contributed by atoms with van der Waals surface area (Å²) in [6.45, 7) is 2.44. The summed E-state index contributed by atoms with van der Waals surface area (Å²) < 4.78 is 5.11. The summed E-state index contributed by atoms with van der Waals surface area (Å²) in [5.74, 6) is 0.104. The van der Waals surface area contributed by atoms with E-state index in [0.717, 1.165) is 18.7 Å². The average Bonchev–Trinajstić information content (AvgIpc) is 2.42. The number of rotatable bonds is 8. The Morgan fingerprint density at radius 3 is 2.61 bits per heavy atom. The van der Waals surface area contributed by atoms with E-state index in [1.807, 2.05) is 12.1 Å². The number of nitrogens with two attached hydrogens (primary N) is 1. The van der Waals surface area contributed by atoms with Crippen LogP contribution in [0.4, 0.5) is 0 Å². The molecule has 0 unspecified atom stereocenters. The first-order chi connectivity index (χ1) is 8.77. The Balaban J connectivity index is 2.27. The molecule has 0 radical (unpaired) electrons. The van der Waals surface area contributed by atoms with Crippen LogP contribution in [-0.4, -0.2) is 42.5 Å². The number of nitrogens with one attached hydrogen (secondary N) is 1. The van der Waals surface area contributed by atoms with Gasteiger partial charge in [-0.05, 0) is 5.56 Å². The fourth-order valence-electron chi connectivity index (χ4n) is 1.39. The number of nitrogens with zero attached hydrogens (tertiary/aromatic N) is 1. The van der Waals surface area contributed by atoms with Crippen LogP contribution in [-0.2, 0) is 11.3 Å². The van der Waals surface area contributed by atoms with Gasteiger partial charge in [0.25, 0.3) is 0 Å². The zero-order chi connectivity index (χ0) is 13.2. The highest BCUT2D eigenvalue weighted by Gasteiger charge is 1.98. The normalized spacial score (nSPS) is 11.7. The van der Waals surface area contributed by atoms with Crippen LogP contribution in [0.5, 0.6) is 0 Å². The number of ether oxygens (including phenoxy) is 1. The molecule has 0 atom stereocenters. The first-order valence-electron chi connectivity index (χ1n) is 5.74. The minimum absolute atomic E-state index is 0.0509. The molecule has 0 aliphatic rings. The van der Waals surface area contributed by atoms with E-state index in [-0.39, 0.29) is 12.4 Å². The summed E-state index contributed by atoms with van der Waals surface area (Å²) in [6, 6.07) is 7.42. The van der Waals surface area contributed by atoms with Gasteiger partial charge >= 0.3 is 0 Å². The summed E-state index contributed by atoms with van der Waals surface area (Å²) >= 11 is 0. The van der Waals surface area contributed by atoms with E-state index in [4.69, 9.17) is 20.8 Å². The third-order valence-corrected chi connectivity index (χ3v) is 2.35. The summed E-state index contributed by atoms with van der Waals surface area (Å²) in [7, 11) is 0. The number of aliphatic hydroxyl groups excluding tert-OH is 1. The minimum atomic E-state index is 0.0509. The Hall–Kier alpha value is -1.63. The second-order valence-electron chi connectivity index (χ2n) is 3.69. The highest BCUT2D eigenvalue weighted by Crippen LogP contribution is 2.03. The highest BCUT2D eigenvalue weighted by atomic mass is 16.5. The summed E-state index contributed by atoms with van der Waals surface area (Å²) in [5, 5.41) is 23.2. The molecule has 5 N–H and O–H groups in total. The largest absolute Gasteiger partial charge is 0.409 e. The molecule has 1 aromatic rings. The minimum Gasteiger partial charge on any atom is -0.409 e. The Labute approximate surface area is 106 Å². The van der Waals surface area contributed by atoms with Gasteiger partial charge in [-0.1, -0.05) is 29.4 Å². The predicted octanol–water partition coefficient (Wildman–Crippen LogP) is -0.120. The lowest BCUT2D eigenvalue weighted by atomic mass is 10.1. The van der Waals surface area contributed by atoms with Crippen molar-refractivity contribution in [3.05, 3.63) is 35.4 Å². The highest BCUT2D eigenvalue weighted by molar-refractivity contribution is 5.96. The predicted molar refractivity (Wildman–Crippen MR) is 68.6 cm³/mol. The zero-order valence-electron chi connectivity index (χ0n) is 10.2. The van der Waals surface area contributed by atoms with Crippen molar-refractivity contribution < 1.29 is 15.1 Å². The molecule has 0 aliphatic heterocycles. The van der Waals surface area contributed by atoms with Crippen LogP contribution in [0.1, 0.15) is 11.1 Å². The van der Waals surface area contributed by atoms with Gasteiger partial charge in [0.15, 0.2) is 5.84 Å². The van der Waals surface area contributed by atoms with E-state index in [1.165, 1.54) is 0 Å². The summed E-state index contributed by atoms with van der Waals surface area (Å²) in [4.78, 5) is 0. The van der Waals surface area contributed by atoms with Crippen molar-refractivity contribution in [2.75, 3.05) is 26.4 Å². The maximum atomic E-state index is 8.52. The summed E-state index contributed by atoms with van der Waals surface area (Å²) in [6.07, 6.45) is 0. The molecule has 0 saturated carbocycles. The Bertz CT molecular complexity index is 365. The Morgan fingerprint density at radius 2 is 2.00 bits per heavy atom. The summed E-state index contributed by atoms with van der Waals surface area (Å²) in [5.41, 5.74) is 7.25. The molecule has 1 rings (SSSR count). The van der Waals surface area contributed by atoms with Gasteiger partial charge in [-0.3, -0.25) is 0 Å². The van der Waals surface area contributed by atoms with Crippen LogP contribution < -0.4 is 11.1 Å². The van der Waals surface area contributed by atoms with E-state index in [9.17, 15) is 0 Å². The van der Waals surface area contributed by atoms with Gasteiger partial charge in [-0.25, -0.2) is 0 Å². The number of benzene rings is 1. The lowest BCUT2D eigenvalue weighted by Gasteiger charge is -2.06. The molecular weight excluding hydrogens is 234 g/mol. The van der Waals surface area contributed by atoms with Crippen molar-refractivity contribution in [3.8, 4) is 0 Å².